The molecule has 1 aliphatic carbocycles. The zero-order chi connectivity index (χ0) is 15.7. The fourth-order valence-corrected chi connectivity index (χ4v) is 3.16. The summed E-state index contributed by atoms with van der Waals surface area (Å²) in [4.78, 5) is 0. The molecule has 0 bridgehead atoms. The van der Waals surface area contributed by atoms with E-state index in [1.165, 1.54) is 109 Å². The quantitative estimate of drug-likeness (QED) is 0.242. The number of unbranched alkanes of at least 4 members (excludes halogenated alkanes) is 12. The molecule has 1 aliphatic rings. The molecule has 0 aliphatic heterocycles. The van der Waals surface area contributed by atoms with E-state index < -0.39 is 0 Å². The van der Waals surface area contributed by atoms with Crippen LogP contribution < -0.4 is 0 Å². The maximum Gasteiger partial charge on any atom is 0.0466 e. The van der Waals surface area contributed by atoms with Gasteiger partial charge in [-0.15, -0.1) is 0 Å². The van der Waals surface area contributed by atoms with Gasteiger partial charge in [0.25, 0.3) is 0 Å². The third-order valence-corrected chi connectivity index (χ3v) is 4.99. The SMILES string of the molecule is CCCCOCCCCCCCCCCCCCCC1CC1. The molecule has 1 saturated carbocycles. The molecule has 0 spiro atoms. The first-order valence-electron chi connectivity index (χ1n) is 10.5. The van der Waals surface area contributed by atoms with Gasteiger partial charge in [0.2, 0.25) is 0 Å². The molecule has 0 N–H and O–H groups in total. The van der Waals surface area contributed by atoms with Crippen molar-refractivity contribution in [2.75, 3.05) is 13.2 Å². The Morgan fingerprint density at radius 3 is 1.55 bits per heavy atom. The first-order chi connectivity index (χ1) is 10.9. The molecule has 0 aromatic rings. The van der Waals surface area contributed by atoms with Crippen LogP contribution >= 0.6 is 0 Å². The van der Waals surface area contributed by atoms with Crippen LogP contribution in [0.5, 0.6) is 0 Å². The minimum atomic E-state index is 0.969. The summed E-state index contributed by atoms with van der Waals surface area (Å²) >= 11 is 0. The van der Waals surface area contributed by atoms with Crippen LogP contribution in [0.2, 0.25) is 0 Å². The molecule has 0 unspecified atom stereocenters. The first kappa shape index (κ1) is 20.0. The van der Waals surface area contributed by atoms with Crippen molar-refractivity contribution in [3.63, 3.8) is 0 Å². The number of ether oxygens (including phenoxy) is 1. The lowest BCUT2D eigenvalue weighted by atomic mass is 10.0. The van der Waals surface area contributed by atoms with Crippen LogP contribution in [0.1, 0.15) is 116 Å². The lowest BCUT2D eigenvalue weighted by Gasteiger charge is -2.04. The van der Waals surface area contributed by atoms with Gasteiger partial charge in [-0.25, -0.2) is 0 Å². The van der Waals surface area contributed by atoms with Crippen LogP contribution in [0.4, 0.5) is 0 Å². The average Bonchev–Trinajstić information content (AvgIpc) is 3.34. The summed E-state index contributed by atoms with van der Waals surface area (Å²) in [6.07, 6.45) is 24.4. The van der Waals surface area contributed by atoms with Gasteiger partial charge in [-0.1, -0.05) is 103 Å². The fourth-order valence-electron chi connectivity index (χ4n) is 3.16. The summed E-state index contributed by atoms with van der Waals surface area (Å²) < 4.78 is 5.59. The van der Waals surface area contributed by atoms with E-state index in [1.807, 2.05) is 0 Å². The molecule has 0 saturated heterocycles. The molecule has 1 fully saturated rings. The monoisotopic (exact) mass is 310 g/mol. The minimum Gasteiger partial charge on any atom is -0.381 e. The maximum atomic E-state index is 5.59. The average molecular weight is 311 g/mol. The van der Waals surface area contributed by atoms with E-state index in [0.717, 1.165) is 19.1 Å². The predicted molar refractivity (Wildman–Crippen MR) is 98.5 cm³/mol. The third kappa shape index (κ3) is 14.9. The molecule has 0 heterocycles. The molecular formula is C21H42O. The van der Waals surface area contributed by atoms with Crippen LogP contribution in [0.15, 0.2) is 0 Å². The summed E-state index contributed by atoms with van der Waals surface area (Å²) in [5.74, 6) is 1.14. The van der Waals surface area contributed by atoms with Gasteiger partial charge in [0.15, 0.2) is 0 Å². The molecule has 0 atom stereocenters. The van der Waals surface area contributed by atoms with E-state index in [9.17, 15) is 0 Å². The molecule has 1 heteroatoms. The normalized spacial score (nSPS) is 14.6. The maximum absolute atomic E-state index is 5.59. The van der Waals surface area contributed by atoms with Gasteiger partial charge in [-0.3, -0.25) is 0 Å². The van der Waals surface area contributed by atoms with Crippen molar-refractivity contribution in [1.82, 2.24) is 0 Å². The van der Waals surface area contributed by atoms with Crippen molar-refractivity contribution in [1.29, 1.82) is 0 Å². The Morgan fingerprint density at radius 2 is 1.05 bits per heavy atom. The summed E-state index contributed by atoms with van der Waals surface area (Å²) in [6, 6.07) is 0. The van der Waals surface area contributed by atoms with Gasteiger partial charge >= 0.3 is 0 Å². The summed E-state index contributed by atoms with van der Waals surface area (Å²) in [7, 11) is 0. The van der Waals surface area contributed by atoms with E-state index in [1.54, 1.807) is 0 Å². The Hall–Kier alpha value is -0.0400. The Labute approximate surface area is 140 Å². The summed E-state index contributed by atoms with van der Waals surface area (Å²) in [6.45, 7) is 4.18. The number of hydrogen-bond acceptors (Lipinski definition) is 1. The molecule has 1 nitrogen and oxygen atoms in total. The largest absolute Gasteiger partial charge is 0.381 e. The van der Waals surface area contributed by atoms with Crippen molar-refractivity contribution in [2.24, 2.45) is 5.92 Å². The van der Waals surface area contributed by atoms with Gasteiger partial charge in [0.05, 0.1) is 0 Å². The third-order valence-electron chi connectivity index (χ3n) is 4.99. The smallest absolute Gasteiger partial charge is 0.0466 e. The van der Waals surface area contributed by atoms with Gasteiger partial charge in [0, 0.05) is 13.2 Å². The van der Waals surface area contributed by atoms with E-state index in [0.29, 0.717) is 0 Å². The molecule has 0 radical (unpaired) electrons. The van der Waals surface area contributed by atoms with Gasteiger partial charge < -0.3 is 4.74 Å². The molecular weight excluding hydrogens is 268 g/mol. The lowest BCUT2D eigenvalue weighted by Crippen LogP contribution is -1.96. The molecule has 0 amide bonds. The van der Waals surface area contributed by atoms with Crippen LogP contribution in [0.3, 0.4) is 0 Å². The molecule has 0 aromatic heterocycles. The van der Waals surface area contributed by atoms with Crippen LogP contribution in [-0.2, 0) is 4.74 Å². The van der Waals surface area contributed by atoms with Crippen molar-refractivity contribution in [2.45, 2.75) is 116 Å². The van der Waals surface area contributed by atoms with Crippen molar-refractivity contribution in [3.05, 3.63) is 0 Å². The topological polar surface area (TPSA) is 9.23 Å². The highest BCUT2D eigenvalue weighted by Crippen LogP contribution is 2.34. The van der Waals surface area contributed by atoms with Crippen LogP contribution in [0.25, 0.3) is 0 Å². The van der Waals surface area contributed by atoms with Gasteiger partial charge in [0.1, 0.15) is 0 Å². The second-order valence-electron chi connectivity index (χ2n) is 7.44. The molecule has 1 rings (SSSR count). The van der Waals surface area contributed by atoms with Gasteiger partial charge in [-0.05, 0) is 18.8 Å². The number of hydrogen-bond donors (Lipinski definition) is 0. The van der Waals surface area contributed by atoms with Crippen LogP contribution in [0, 0.1) is 5.92 Å². The van der Waals surface area contributed by atoms with Crippen molar-refractivity contribution < 1.29 is 4.74 Å². The van der Waals surface area contributed by atoms with E-state index in [4.69, 9.17) is 4.74 Å². The van der Waals surface area contributed by atoms with Crippen molar-refractivity contribution in [3.8, 4) is 0 Å². The predicted octanol–water partition coefficient (Wildman–Crippen LogP) is 7.28. The second-order valence-corrected chi connectivity index (χ2v) is 7.44. The Bertz CT molecular complexity index is 210. The molecule has 0 aromatic carbocycles. The van der Waals surface area contributed by atoms with Gasteiger partial charge in [-0.2, -0.15) is 0 Å². The van der Waals surface area contributed by atoms with E-state index in [-0.39, 0.29) is 0 Å². The second kappa shape index (κ2) is 15.8. The number of rotatable bonds is 18. The van der Waals surface area contributed by atoms with Crippen molar-refractivity contribution >= 4 is 0 Å². The standard InChI is InChI=1S/C21H42O/c1-2-3-19-22-20-15-13-11-9-7-5-4-6-8-10-12-14-16-21-17-18-21/h21H,2-20H2,1H3. The Balaban J connectivity index is 1.59. The molecule has 22 heavy (non-hydrogen) atoms. The summed E-state index contributed by atoms with van der Waals surface area (Å²) in [5.41, 5.74) is 0. The lowest BCUT2D eigenvalue weighted by molar-refractivity contribution is 0.127. The highest BCUT2D eigenvalue weighted by Gasteiger charge is 2.19. The fraction of sp³-hybridized carbons (Fsp3) is 1.00. The minimum absolute atomic E-state index is 0.969. The highest BCUT2D eigenvalue weighted by atomic mass is 16.5. The van der Waals surface area contributed by atoms with Crippen LogP contribution in [-0.4, -0.2) is 13.2 Å². The zero-order valence-corrected chi connectivity index (χ0v) is 15.4. The van der Waals surface area contributed by atoms with E-state index >= 15 is 0 Å². The summed E-state index contributed by atoms with van der Waals surface area (Å²) in [5, 5.41) is 0. The zero-order valence-electron chi connectivity index (χ0n) is 15.4. The highest BCUT2D eigenvalue weighted by molar-refractivity contribution is 4.72. The Kier molecular flexibility index (Phi) is 14.4. The molecule has 132 valence electrons. The first-order valence-corrected chi connectivity index (χ1v) is 10.5. The van der Waals surface area contributed by atoms with E-state index in [2.05, 4.69) is 6.92 Å². The Morgan fingerprint density at radius 1 is 0.591 bits per heavy atom.